The number of hydrogen-bond donors (Lipinski definition) is 0. The first kappa shape index (κ1) is 15.6. The molecule has 126 valence electrons. The number of hydrogen-bond acceptors (Lipinski definition) is 4. The molecule has 1 aliphatic carbocycles. The van der Waals surface area contributed by atoms with Crippen LogP contribution < -0.4 is 0 Å². The van der Waals surface area contributed by atoms with E-state index in [9.17, 15) is 4.79 Å². The Morgan fingerprint density at radius 1 is 1.26 bits per heavy atom. The monoisotopic (exact) mass is 335 g/mol. The minimum Gasteiger partial charge on any atom is -0.348 e. The molecule has 1 aromatic rings. The third kappa shape index (κ3) is 3.19. The molecule has 1 amide bonds. The van der Waals surface area contributed by atoms with Gasteiger partial charge in [0.25, 0.3) is 0 Å². The van der Waals surface area contributed by atoms with Crippen LogP contribution in [0.25, 0.3) is 0 Å². The molecule has 3 heterocycles. The van der Waals surface area contributed by atoms with Gasteiger partial charge < -0.3 is 14.4 Å². The van der Waals surface area contributed by atoms with Crippen LogP contribution in [0.15, 0.2) is 16.8 Å². The molecule has 4 rings (SSSR count). The molecule has 0 N–H and O–H groups in total. The normalized spacial score (nSPS) is 27.8. The van der Waals surface area contributed by atoms with Crippen molar-refractivity contribution in [1.29, 1.82) is 0 Å². The zero-order chi connectivity index (χ0) is 15.7. The van der Waals surface area contributed by atoms with Crippen molar-refractivity contribution in [3.05, 3.63) is 22.4 Å². The molecule has 0 radical (unpaired) electrons. The van der Waals surface area contributed by atoms with Gasteiger partial charge in [0.15, 0.2) is 5.79 Å². The van der Waals surface area contributed by atoms with E-state index in [1.165, 1.54) is 5.56 Å². The predicted octanol–water partition coefficient (Wildman–Crippen LogP) is 3.74. The topological polar surface area (TPSA) is 38.8 Å². The zero-order valence-corrected chi connectivity index (χ0v) is 14.4. The van der Waals surface area contributed by atoms with Crippen LogP contribution in [0.4, 0.5) is 0 Å². The van der Waals surface area contributed by atoms with Gasteiger partial charge >= 0.3 is 0 Å². The lowest BCUT2D eigenvalue weighted by Crippen LogP contribution is -2.37. The number of amides is 1. The first-order valence-electron chi connectivity index (χ1n) is 8.85. The van der Waals surface area contributed by atoms with Crippen LogP contribution in [0.3, 0.4) is 0 Å². The van der Waals surface area contributed by atoms with E-state index in [4.69, 9.17) is 9.47 Å². The van der Waals surface area contributed by atoms with E-state index in [0.29, 0.717) is 24.3 Å². The van der Waals surface area contributed by atoms with E-state index in [1.54, 1.807) is 11.3 Å². The average molecular weight is 335 g/mol. The average Bonchev–Trinajstić information content (AvgIpc) is 3.31. The summed E-state index contributed by atoms with van der Waals surface area (Å²) >= 11 is 1.72. The summed E-state index contributed by atoms with van der Waals surface area (Å²) in [5.74, 6) is 0.518. The maximum Gasteiger partial charge on any atom is 0.223 e. The van der Waals surface area contributed by atoms with Crippen molar-refractivity contribution in [2.75, 3.05) is 19.8 Å². The number of carbonyl (C=O) groups excluding carboxylic acids is 1. The van der Waals surface area contributed by atoms with Crippen LogP contribution >= 0.6 is 11.3 Å². The molecule has 0 unspecified atom stereocenters. The highest BCUT2D eigenvalue weighted by atomic mass is 32.1. The molecule has 4 nitrogen and oxygen atoms in total. The molecule has 5 heteroatoms. The number of nitrogens with zero attached hydrogens (tertiary/aromatic N) is 1. The Hall–Kier alpha value is -0.910. The quantitative estimate of drug-likeness (QED) is 0.845. The van der Waals surface area contributed by atoms with Crippen molar-refractivity contribution < 1.29 is 14.3 Å². The SMILES string of the molecule is O=C(CC1CCC2(CC1)OCCO2)N1CCC[C@H]1c1ccsc1. The van der Waals surface area contributed by atoms with E-state index in [0.717, 1.165) is 58.3 Å². The van der Waals surface area contributed by atoms with E-state index >= 15 is 0 Å². The second-order valence-electron chi connectivity index (χ2n) is 7.06. The molecule has 2 aliphatic heterocycles. The molecule has 23 heavy (non-hydrogen) atoms. The molecule has 1 aromatic heterocycles. The molecular formula is C18H25NO3S. The Bertz CT molecular complexity index is 528. The predicted molar refractivity (Wildman–Crippen MR) is 89.2 cm³/mol. The number of likely N-dealkylation sites (tertiary alicyclic amines) is 1. The molecule has 2 saturated heterocycles. The first-order chi connectivity index (χ1) is 11.3. The summed E-state index contributed by atoms with van der Waals surface area (Å²) in [5, 5.41) is 4.30. The lowest BCUT2D eigenvalue weighted by molar-refractivity contribution is -0.183. The summed E-state index contributed by atoms with van der Waals surface area (Å²) in [6, 6.07) is 2.48. The second kappa shape index (κ2) is 6.54. The van der Waals surface area contributed by atoms with Gasteiger partial charge in [-0.25, -0.2) is 0 Å². The van der Waals surface area contributed by atoms with Crippen LogP contribution in [-0.4, -0.2) is 36.4 Å². The van der Waals surface area contributed by atoms with Gasteiger partial charge in [-0.1, -0.05) is 0 Å². The Kier molecular flexibility index (Phi) is 4.43. The molecule has 0 aromatic carbocycles. The van der Waals surface area contributed by atoms with Crippen LogP contribution in [0, 0.1) is 5.92 Å². The number of rotatable bonds is 3. The molecule has 1 spiro atoms. The van der Waals surface area contributed by atoms with Gasteiger partial charge in [0.05, 0.1) is 19.3 Å². The minimum absolute atomic E-state index is 0.310. The maximum atomic E-state index is 12.8. The van der Waals surface area contributed by atoms with Gasteiger partial charge in [0, 0.05) is 25.8 Å². The van der Waals surface area contributed by atoms with Gasteiger partial charge in [-0.05, 0) is 54.0 Å². The van der Waals surface area contributed by atoms with E-state index in [2.05, 4.69) is 21.7 Å². The maximum absolute atomic E-state index is 12.8. The van der Waals surface area contributed by atoms with Crippen LogP contribution in [-0.2, 0) is 14.3 Å². The number of ether oxygens (including phenoxy) is 2. The lowest BCUT2D eigenvalue weighted by atomic mass is 9.83. The molecule has 3 fully saturated rings. The fourth-order valence-electron chi connectivity index (χ4n) is 4.35. The standard InChI is InChI=1S/C18H25NO3S/c20-17(19-8-1-2-16(19)15-5-11-23-13-15)12-14-3-6-18(7-4-14)21-9-10-22-18/h5,11,13-14,16H,1-4,6-10,12H2/t16-/m0/s1. The van der Waals surface area contributed by atoms with Gasteiger partial charge in [-0.15, -0.1) is 0 Å². The third-order valence-corrected chi connectivity index (χ3v) is 6.35. The summed E-state index contributed by atoms with van der Waals surface area (Å²) < 4.78 is 11.6. The summed E-state index contributed by atoms with van der Waals surface area (Å²) in [7, 11) is 0. The Balaban J connectivity index is 1.33. The van der Waals surface area contributed by atoms with Crippen molar-refractivity contribution >= 4 is 17.2 Å². The van der Waals surface area contributed by atoms with Crippen molar-refractivity contribution in [2.24, 2.45) is 5.92 Å². The Morgan fingerprint density at radius 2 is 2.04 bits per heavy atom. The Labute approximate surface area is 141 Å². The summed E-state index contributed by atoms with van der Waals surface area (Å²) in [6.45, 7) is 2.36. The van der Waals surface area contributed by atoms with Crippen molar-refractivity contribution in [1.82, 2.24) is 4.90 Å². The Morgan fingerprint density at radius 3 is 2.74 bits per heavy atom. The van der Waals surface area contributed by atoms with Crippen molar-refractivity contribution in [2.45, 2.75) is 56.8 Å². The molecule has 0 bridgehead atoms. The van der Waals surface area contributed by atoms with Gasteiger partial charge in [-0.3, -0.25) is 4.79 Å². The molecule has 1 atom stereocenters. The second-order valence-corrected chi connectivity index (χ2v) is 7.84. The highest BCUT2D eigenvalue weighted by Crippen LogP contribution is 2.40. The fraction of sp³-hybridized carbons (Fsp3) is 0.722. The summed E-state index contributed by atoms with van der Waals surface area (Å²) in [6.07, 6.45) is 6.90. The highest BCUT2D eigenvalue weighted by molar-refractivity contribution is 7.07. The lowest BCUT2D eigenvalue weighted by Gasteiger charge is -2.36. The minimum atomic E-state index is -0.313. The largest absolute Gasteiger partial charge is 0.348 e. The van der Waals surface area contributed by atoms with Gasteiger partial charge in [0.2, 0.25) is 5.91 Å². The van der Waals surface area contributed by atoms with Crippen molar-refractivity contribution in [3.8, 4) is 0 Å². The molecule has 1 saturated carbocycles. The van der Waals surface area contributed by atoms with Gasteiger partial charge in [-0.2, -0.15) is 11.3 Å². The number of thiophene rings is 1. The fourth-order valence-corrected chi connectivity index (χ4v) is 5.05. The van der Waals surface area contributed by atoms with Gasteiger partial charge in [0.1, 0.15) is 0 Å². The zero-order valence-electron chi connectivity index (χ0n) is 13.5. The van der Waals surface area contributed by atoms with Crippen molar-refractivity contribution in [3.63, 3.8) is 0 Å². The van der Waals surface area contributed by atoms with E-state index in [1.807, 2.05) is 0 Å². The van der Waals surface area contributed by atoms with E-state index < -0.39 is 0 Å². The summed E-state index contributed by atoms with van der Waals surface area (Å²) in [5.41, 5.74) is 1.32. The molecular weight excluding hydrogens is 310 g/mol. The summed E-state index contributed by atoms with van der Waals surface area (Å²) in [4.78, 5) is 14.9. The smallest absolute Gasteiger partial charge is 0.223 e. The third-order valence-electron chi connectivity index (χ3n) is 5.64. The first-order valence-corrected chi connectivity index (χ1v) is 9.79. The van der Waals surface area contributed by atoms with Crippen LogP contribution in [0.5, 0.6) is 0 Å². The molecule has 3 aliphatic rings. The highest BCUT2D eigenvalue weighted by Gasteiger charge is 2.41. The number of carbonyl (C=O) groups is 1. The van der Waals surface area contributed by atoms with E-state index in [-0.39, 0.29) is 5.79 Å². The van der Waals surface area contributed by atoms with Crippen LogP contribution in [0.1, 0.15) is 56.6 Å². The van der Waals surface area contributed by atoms with Crippen LogP contribution in [0.2, 0.25) is 0 Å².